The first-order valence-electron chi connectivity index (χ1n) is 45.2. The van der Waals surface area contributed by atoms with Crippen LogP contribution in [0.5, 0.6) is 5.75 Å². The number of benzene rings is 11. The molecule has 0 radical (unpaired) electrons. The summed E-state index contributed by atoms with van der Waals surface area (Å²) < 4.78 is 67.4. The number of nitrogens with one attached hydrogen (secondary N) is 6. The number of carbonyl (C=O) groups excluding carboxylic acids is 6. The first-order chi connectivity index (χ1) is 68.4. The van der Waals surface area contributed by atoms with Gasteiger partial charge in [-0.3, -0.25) is 53.3 Å². The van der Waals surface area contributed by atoms with Gasteiger partial charge in [-0.25, -0.2) is 9.02 Å². The summed E-state index contributed by atoms with van der Waals surface area (Å²) in [5, 5.41) is 36.4. The second kappa shape index (κ2) is 49.4. The van der Waals surface area contributed by atoms with Crippen molar-refractivity contribution in [3.63, 3.8) is 0 Å². The number of rotatable bonds is 25. The third-order valence-corrected chi connectivity index (χ3v) is 26.8. The van der Waals surface area contributed by atoms with Gasteiger partial charge < -0.3 is 41.1 Å². The van der Waals surface area contributed by atoms with E-state index in [0.717, 1.165) is 183 Å². The van der Waals surface area contributed by atoms with Gasteiger partial charge in [0.1, 0.15) is 66.7 Å². The summed E-state index contributed by atoms with van der Waals surface area (Å²) in [6, 6.07) is 74.0. The van der Waals surface area contributed by atoms with E-state index in [1.165, 1.54) is 77.6 Å². The molecule has 11 aromatic carbocycles. The maximum atomic E-state index is 13.9. The number of carbonyl (C=O) groups is 6. The van der Waals surface area contributed by atoms with E-state index in [0.29, 0.717) is 94.9 Å². The van der Waals surface area contributed by atoms with Crippen LogP contribution in [-0.4, -0.2) is 217 Å². The van der Waals surface area contributed by atoms with Crippen molar-refractivity contribution in [3.8, 4) is 17.2 Å². The van der Waals surface area contributed by atoms with Gasteiger partial charge in [0.15, 0.2) is 5.52 Å². The van der Waals surface area contributed by atoms with Crippen LogP contribution < -0.4 is 36.6 Å². The van der Waals surface area contributed by atoms with E-state index < -0.39 is 0 Å². The van der Waals surface area contributed by atoms with E-state index in [1.54, 1.807) is 61.7 Å². The Morgan fingerprint density at radius 1 is 0.436 bits per heavy atom. The van der Waals surface area contributed by atoms with Crippen molar-refractivity contribution >= 4 is 206 Å². The Hall–Kier alpha value is -14.2. The van der Waals surface area contributed by atoms with E-state index in [1.807, 2.05) is 171 Å². The molecule has 3 fully saturated rings. The number of anilines is 6. The maximum Gasteiger partial charge on any atom is 0.277 e. The number of halogens is 1. The molecule has 1 atom stereocenters. The smallest absolute Gasteiger partial charge is 0.277 e. The molecule has 10 heterocycles. The Balaban J connectivity index is 0.000000122. The molecule has 33 nitrogen and oxygen atoms in total. The van der Waals surface area contributed by atoms with Crippen molar-refractivity contribution in [2.24, 2.45) is 0 Å². The van der Waals surface area contributed by atoms with Gasteiger partial charge in [0, 0.05) is 98.8 Å². The van der Waals surface area contributed by atoms with Gasteiger partial charge in [0.05, 0.1) is 114 Å². The average molecular weight is 1990 g/mol. The third kappa shape index (κ3) is 27.5. The number of piperidine rings is 1. The molecule has 18 aromatic rings. The Labute approximate surface area is 830 Å². The lowest BCUT2D eigenvalue weighted by Gasteiger charge is -2.39. The standard InChI is InChI=1S/C20H22FN5OS.C20H23N5OS.C16H11N5O2S2.C15H13N3O2.C15H12N2O2S.C14H18N4OS/c1-14-11-25(12-15-5-2-3-6-16(15)21)9-10-26(14)13-19(27)22-17-7-4-8-18-20(17)24-28-23-18;1-15-7-8-17-20(23-27-22-17)19(15)21-18(26)14-25-11-9-24(10-12-25)13-16-5-3-2-4-6-16;22-13(17-11-7-4-8-12-14(11)21-25-20-12)9-24-16-19-18-15(23-16)10-5-2-1-3-6-10;19-14(10-9-11-5-2-1-3-6-11)16-12-7-4-8-13-15(12)18-20-17-13;1-19-12-7-5-10(6-8-12)15(18)16-13-4-2-3-11-9-20-17-14(11)13;1-10-5-6-11-14(17-20-16-11)13(10)15-12(19)9-18-7-3-2-4-8-18/h2-8,14H,9-13H2,1H3,(H,22,27);2-8H,9-14H2,1H3,(H,21,26);1-8H,9H2,(H,17,22);1-8H,9-10H2,(H,16,19);2-9H,1H3,(H,16,18);5-6H,2-4,7-9H2,1H3,(H,15,19)/t14-;;;;;/m1...../s1. The van der Waals surface area contributed by atoms with E-state index >= 15 is 0 Å². The number of methoxy groups -OCH3 is 1. The molecule has 7 aromatic heterocycles. The van der Waals surface area contributed by atoms with Crippen molar-refractivity contribution in [2.75, 3.05) is 123 Å². The normalized spacial score (nSPS) is 14.1. The first kappa shape index (κ1) is 98.9. The topological polar surface area (TPSA) is 394 Å². The Morgan fingerprint density at radius 2 is 0.950 bits per heavy atom. The number of nitrogens with zero attached hydrogens (tertiary/aromatic N) is 18. The van der Waals surface area contributed by atoms with Gasteiger partial charge in [-0.05, 0) is 194 Å². The molecule has 3 aliphatic heterocycles. The van der Waals surface area contributed by atoms with E-state index in [-0.39, 0.29) is 53.1 Å². The zero-order valence-electron chi connectivity index (χ0n) is 76.9. The molecule has 3 saturated heterocycles. The summed E-state index contributed by atoms with van der Waals surface area (Å²) in [4.78, 5) is 84.9. The molecule has 6 N–H and O–H groups in total. The van der Waals surface area contributed by atoms with Gasteiger partial charge in [0.25, 0.3) is 11.1 Å². The lowest BCUT2D eigenvalue weighted by Crippen LogP contribution is -2.53. The largest absolute Gasteiger partial charge is 0.497 e. The van der Waals surface area contributed by atoms with Crippen LogP contribution in [0.2, 0.25) is 0 Å². The SMILES string of the molecule is COc1ccc(C(=O)Nc2cccc3csnc23)cc1.C[C@@H]1CN(Cc2ccccc2F)CCN1CC(=O)Nc1cccc2nsnc12.Cc1ccc2nsnc2c1NC(=O)CN1CCCCC1.Cc1ccc2nsnc2c1NC(=O)CN1CCN(Cc2ccccc2)CC1.O=C(CCc1ccccc1)Nc1cccc2nonc12.O=C(CSc1nnc(-c2ccccc2)o1)Nc1cccc2nsnc12. The fourth-order valence-electron chi connectivity index (χ4n) is 15.8. The number of amides is 6. The molecule has 0 saturated carbocycles. The number of hydrogen-bond acceptors (Lipinski definition) is 33. The Morgan fingerprint density at radius 3 is 1.56 bits per heavy atom. The first-order valence-corrected chi connectivity index (χ1v) is 50.0. The van der Waals surface area contributed by atoms with Crippen LogP contribution in [0, 0.1) is 19.7 Å². The van der Waals surface area contributed by atoms with Crippen LogP contribution in [-0.2, 0) is 43.5 Å². The molecule has 0 spiro atoms. The summed E-state index contributed by atoms with van der Waals surface area (Å²) in [6.07, 6.45) is 4.79. The van der Waals surface area contributed by atoms with Gasteiger partial charge in [0.2, 0.25) is 35.4 Å². The zero-order valence-corrected chi connectivity index (χ0v) is 81.8. The van der Waals surface area contributed by atoms with Crippen LogP contribution in [0.15, 0.2) is 256 Å². The van der Waals surface area contributed by atoms with Crippen molar-refractivity contribution in [1.29, 1.82) is 0 Å². The van der Waals surface area contributed by atoms with E-state index in [9.17, 15) is 33.2 Å². The van der Waals surface area contributed by atoms with Crippen LogP contribution in [0.25, 0.3) is 77.5 Å². The molecule has 6 amide bonds. The highest BCUT2D eigenvalue weighted by Gasteiger charge is 2.28. The molecular weight excluding hydrogens is 1890 g/mol. The van der Waals surface area contributed by atoms with Crippen molar-refractivity contribution in [1.82, 2.24) is 84.4 Å². The number of likely N-dealkylation sites (tertiary alicyclic amines) is 1. The monoisotopic (exact) mass is 1990 g/mol. The number of fused-ring (bicyclic) bond motifs is 6. The van der Waals surface area contributed by atoms with Crippen LogP contribution in [0.4, 0.5) is 38.5 Å². The minimum absolute atomic E-state index is 0.00936. The summed E-state index contributed by atoms with van der Waals surface area (Å²) in [7, 11) is 1.60. The second-order valence-corrected chi connectivity index (χ2v) is 36.8. The lowest BCUT2D eigenvalue weighted by atomic mass is 10.1. The van der Waals surface area contributed by atoms with Crippen LogP contribution in [0.1, 0.15) is 70.8 Å². The van der Waals surface area contributed by atoms with Crippen LogP contribution in [0.3, 0.4) is 0 Å². The Kier molecular flexibility index (Phi) is 34.9. The summed E-state index contributed by atoms with van der Waals surface area (Å²) in [6.45, 7) is 17.0. The summed E-state index contributed by atoms with van der Waals surface area (Å²) >= 11 is 7.16. The van der Waals surface area contributed by atoms with E-state index in [4.69, 9.17) is 9.15 Å². The van der Waals surface area contributed by atoms with Gasteiger partial charge in [-0.2, -0.15) is 39.4 Å². The number of hydrogen-bond donors (Lipinski definition) is 6. The fraction of sp³-hybridized carbons (Fsp3) is 0.250. The van der Waals surface area contributed by atoms with Crippen molar-refractivity contribution < 1.29 is 46.9 Å². The fourth-order valence-corrected chi connectivity index (χ4v) is 19.2. The molecule has 0 aliphatic carbocycles. The quantitative estimate of drug-likeness (QED) is 0.0289. The minimum Gasteiger partial charge on any atom is -0.497 e. The van der Waals surface area contributed by atoms with Gasteiger partial charge >= 0.3 is 0 Å². The number of piperazine rings is 2. The minimum atomic E-state index is -0.176. The van der Waals surface area contributed by atoms with Gasteiger partial charge in [-0.15, -0.1) is 10.2 Å². The third-order valence-electron chi connectivity index (χ3n) is 23.2. The van der Waals surface area contributed by atoms with Crippen molar-refractivity contribution in [2.45, 2.75) is 77.2 Å². The molecule has 21 rings (SSSR count). The summed E-state index contributed by atoms with van der Waals surface area (Å²) in [5.41, 5.74) is 19.2. The highest BCUT2D eigenvalue weighted by atomic mass is 32.2. The summed E-state index contributed by atoms with van der Waals surface area (Å²) in [5.74, 6) is 0.750. The van der Waals surface area contributed by atoms with Crippen LogP contribution >= 0.6 is 70.2 Å². The zero-order chi connectivity index (χ0) is 96.9. The lowest BCUT2D eigenvalue weighted by molar-refractivity contribution is -0.119. The van der Waals surface area contributed by atoms with E-state index in [2.05, 4.69) is 152 Å². The second-order valence-electron chi connectivity index (χ2n) is 33.1. The number of aryl methyl sites for hydroxylation is 3. The van der Waals surface area contributed by atoms with Crippen molar-refractivity contribution in [3.05, 3.63) is 281 Å². The molecule has 3 aliphatic rings. The molecule has 0 unspecified atom stereocenters. The molecule has 716 valence electrons. The number of thioether (sulfide) groups is 1. The molecule has 40 heteroatoms. The number of ether oxygens (including phenoxy) is 1. The Bertz CT molecular complexity index is 7180. The van der Waals surface area contributed by atoms with Gasteiger partial charge in [-0.1, -0.05) is 158 Å². The predicted octanol–water partition coefficient (Wildman–Crippen LogP) is 18.0. The highest BCUT2D eigenvalue weighted by Crippen LogP contribution is 2.32. The predicted molar refractivity (Wildman–Crippen MR) is 551 cm³/mol. The average Bonchev–Trinajstić information content (AvgIpc) is 1.64. The number of aromatic nitrogens is 13. The molecular formula is C100H99FN24O9S6. The highest BCUT2D eigenvalue weighted by molar-refractivity contribution is 7.99. The maximum absolute atomic E-state index is 13.9. The molecule has 0 bridgehead atoms. The molecule has 140 heavy (non-hydrogen) atoms.